The zero-order valence-electron chi connectivity index (χ0n) is 7.80. The Morgan fingerprint density at radius 3 is 2.36 bits per heavy atom. The van der Waals surface area contributed by atoms with Gasteiger partial charge in [0, 0.05) is 0 Å². The van der Waals surface area contributed by atoms with Gasteiger partial charge in [-0.2, -0.15) is 0 Å². The van der Waals surface area contributed by atoms with E-state index >= 15 is 0 Å². The summed E-state index contributed by atoms with van der Waals surface area (Å²) in [6, 6.07) is 0. The van der Waals surface area contributed by atoms with Crippen molar-refractivity contribution in [2.75, 3.05) is 0 Å². The fourth-order valence-electron chi connectivity index (χ4n) is 2.87. The SMILES string of the molecule is CC1=CC2CC1C(C(=O)O)C2C(=O)O. The summed E-state index contributed by atoms with van der Waals surface area (Å²) >= 11 is 0. The van der Waals surface area contributed by atoms with E-state index in [0.717, 1.165) is 5.57 Å². The Bertz CT molecular complexity index is 331. The molecule has 2 aliphatic rings. The molecule has 4 heteroatoms. The van der Waals surface area contributed by atoms with Crippen molar-refractivity contribution >= 4 is 11.9 Å². The van der Waals surface area contributed by atoms with E-state index in [-0.39, 0.29) is 11.8 Å². The number of fused-ring (bicyclic) bond motifs is 2. The Morgan fingerprint density at radius 2 is 1.86 bits per heavy atom. The highest BCUT2D eigenvalue weighted by Crippen LogP contribution is 2.51. The summed E-state index contributed by atoms with van der Waals surface area (Å²) in [6.45, 7) is 1.89. The lowest BCUT2D eigenvalue weighted by Crippen LogP contribution is -2.33. The average Bonchev–Trinajstić information content (AvgIpc) is 2.58. The highest BCUT2D eigenvalue weighted by atomic mass is 16.4. The first-order chi connectivity index (χ1) is 6.52. The van der Waals surface area contributed by atoms with E-state index < -0.39 is 23.8 Å². The zero-order valence-corrected chi connectivity index (χ0v) is 7.80. The van der Waals surface area contributed by atoms with Crippen molar-refractivity contribution in [1.29, 1.82) is 0 Å². The van der Waals surface area contributed by atoms with Crippen LogP contribution in [0.5, 0.6) is 0 Å². The Kier molecular flexibility index (Phi) is 1.87. The van der Waals surface area contributed by atoms with Crippen LogP contribution >= 0.6 is 0 Å². The van der Waals surface area contributed by atoms with Gasteiger partial charge in [-0.1, -0.05) is 11.6 Å². The van der Waals surface area contributed by atoms with Gasteiger partial charge in [-0.25, -0.2) is 0 Å². The van der Waals surface area contributed by atoms with E-state index in [1.807, 2.05) is 13.0 Å². The van der Waals surface area contributed by atoms with Crippen LogP contribution in [-0.4, -0.2) is 22.2 Å². The molecule has 4 unspecified atom stereocenters. The molecule has 4 nitrogen and oxygen atoms in total. The van der Waals surface area contributed by atoms with Crippen molar-refractivity contribution in [3.8, 4) is 0 Å². The molecule has 1 fully saturated rings. The molecular weight excluding hydrogens is 184 g/mol. The molecule has 76 valence electrons. The summed E-state index contributed by atoms with van der Waals surface area (Å²) in [5.74, 6) is -3.52. The number of rotatable bonds is 2. The fourth-order valence-corrected chi connectivity index (χ4v) is 2.87. The van der Waals surface area contributed by atoms with Gasteiger partial charge in [0.25, 0.3) is 0 Å². The minimum absolute atomic E-state index is 0.0569. The molecule has 14 heavy (non-hydrogen) atoms. The van der Waals surface area contributed by atoms with Crippen LogP contribution in [-0.2, 0) is 9.59 Å². The van der Waals surface area contributed by atoms with Gasteiger partial charge in [0.05, 0.1) is 11.8 Å². The minimum Gasteiger partial charge on any atom is -0.481 e. The summed E-state index contributed by atoms with van der Waals surface area (Å²) in [7, 11) is 0. The van der Waals surface area contributed by atoms with E-state index in [2.05, 4.69) is 0 Å². The number of carboxylic acids is 2. The molecule has 0 aromatic heterocycles. The minimum atomic E-state index is -0.978. The van der Waals surface area contributed by atoms with E-state index in [4.69, 9.17) is 10.2 Å². The van der Waals surface area contributed by atoms with Gasteiger partial charge in [0.15, 0.2) is 0 Å². The van der Waals surface area contributed by atoms with E-state index in [1.54, 1.807) is 0 Å². The number of allylic oxidation sites excluding steroid dienone is 2. The molecule has 0 amide bonds. The Labute approximate surface area is 81.2 Å². The van der Waals surface area contributed by atoms with Crippen molar-refractivity contribution < 1.29 is 19.8 Å². The highest BCUT2D eigenvalue weighted by molar-refractivity contribution is 5.82. The molecule has 2 N–H and O–H groups in total. The van der Waals surface area contributed by atoms with Gasteiger partial charge < -0.3 is 10.2 Å². The van der Waals surface area contributed by atoms with Crippen LogP contribution in [0, 0.1) is 23.7 Å². The van der Waals surface area contributed by atoms with Crippen LogP contribution in [0.25, 0.3) is 0 Å². The molecule has 2 bridgehead atoms. The molecule has 4 atom stereocenters. The fraction of sp³-hybridized carbons (Fsp3) is 0.600. The number of aliphatic carboxylic acids is 2. The Hall–Kier alpha value is -1.32. The van der Waals surface area contributed by atoms with Gasteiger partial charge in [0.1, 0.15) is 0 Å². The third-order valence-electron chi connectivity index (χ3n) is 3.44. The second kappa shape index (κ2) is 2.83. The standard InChI is InChI=1S/C10H12O4/c1-4-2-5-3-6(4)8(10(13)14)7(5)9(11)12/h2,5-8H,3H2,1H3,(H,11,12)(H,13,14). The average molecular weight is 196 g/mol. The topological polar surface area (TPSA) is 74.6 Å². The molecule has 2 rings (SSSR count). The summed E-state index contributed by atoms with van der Waals surface area (Å²) in [5, 5.41) is 17.9. The summed E-state index contributed by atoms with van der Waals surface area (Å²) in [6.07, 6.45) is 2.61. The van der Waals surface area contributed by atoms with Crippen LogP contribution in [0.15, 0.2) is 11.6 Å². The molecule has 0 aromatic rings. The molecule has 0 saturated heterocycles. The third-order valence-corrected chi connectivity index (χ3v) is 3.44. The highest BCUT2D eigenvalue weighted by Gasteiger charge is 2.53. The van der Waals surface area contributed by atoms with Crippen LogP contribution < -0.4 is 0 Å². The van der Waals surface area contributed by atoms with E-state index in [9.17, 15) is 9.59 Å². The smallest absolute Gasteiger partial charge is 0.308 e. The molecule has 2 aliphatic carbocycles. The predicted molar refractivity (Wildman–Crippen MR) is 47.6 cm³/mol. The lowest BCUT2D eigenvalue weighted by Gasteiger charge is -2.23. The number of carboxylic acid groups (broad SMARTS) is 2. The maximum absolute atomic E-state index is 11.0. The quantitative estimate of drug-likeness (QED) is 0.646. The van der Waals surface area contributed by atoms with Gasteiger partial charge in [0.2, 0.25) is 0 Å². The molecule has 0 radical (unpaired) electrons. The van der Waals surface area contributed by atoms with Crippen LogP contribution in [0.2, 0.25) is 0 Å². The van der Waals surface area contributed by atoms with Gasteiger partial charge in [-0.15, -0.1) is 0 Å². The van der Waals surface area contributed by atoms with Crippen molar-refractivity contribution in [2.45, 2.75) is 13.3 Å². The maximum atomic E-state index is 11.0. The lowest BCUT2D eigenvalue weighted by atomic mass is 9.80. The molecule has 0 spiro atoms. The summed E-state index contributed by atoms with van der Waals surface area (Å²) < 4.78 is 0. The monoisotopic (exact) mass is 196 g/mol. The van der Waals surface area contributed by atoms with Crippen LogP contribution in [0.1, 0.15) is 13.3 Å². The second-order valence-corrected chi connectivity index (χ2v) is 4.14. The second-order valence-electron chi connectivity index (χ2n) is 4.14. The van der Waals surface area contributed by atoms with Crippen molar-refractivity contribution in [2.24, 2.45) is 23.7 Å². The van der Waals surface area contributed by atoms with Crippen LogP contribution in [0.4, 0.5) is 0 Å². The zero-order chi connectivity index (χ0) is 10.5. The Morgan fingerprint density at radius 1 is 1.29 bits per heavy atom. The van der Waals surface area contributed by atoms with E-state index in [0.29, 0.717) is 6.42 Å². The maximum Gasteiger partial charge on any atom is 0.308 e. The van der Waals surface area contributed by atoms with Crippen molar-refractivity contribution in [3.05, 3.63) is 11.6 Å². The molecule has 0 heterocycles. The predicted octanol–water partition coefficient (Wildman–Crippen LogP) is 0.984. The van der Waals surface area contributed by atoms with Gasteiger partial charge >= 0.3 is 11.9 Å². The van der Waals surface area contributed by atoms with Gasteiger partial charge in [-0.05, 0) is 25.2 Å². The first kappa shape index (κ1) is 9.24. The third kappa shape index (κ3) is 1.06. The van der Waals surface area contributed by atoms with Crippen LogP contribution in [0.3, 0.4) is 0 Å². The lowest BCUT2D eigenvalue weighted by molar-refractivity contribution is -0.154. The van der Waals surface area contributed by atoms with E-state index in [1.165, 1.54) is 0 Å². The largest absolute Gasteiger partial charge is 0.481 e. The first-order valence-corrected chi connectivity index (χ1v) is 4.66. The molecule has 0 aromatic carbocycles. The number of hydrogen-bond donors (Lipinski definition) is 2. The Balaban J connectivity index is 2.35. The molecule has 0 aliphatic heterocycles. The van der Waals surface area contributed by atoms with Crippen molar-refractivity contribution in [3.63, 3.8) is 0 Å². The summed E-state index contributed by atoms with van der Waals surface area (Å²) in [5.41, 5.74) is 1.04. The number of carbonyl (C=O) groups is 2. The number of hydrogen-bond acceptors (Lipinski definition) is 2. The molecular formula is C10H12O4. The van der Waals surface area contributed by atoms with Gasteiger partial charge in [-0.3, -0.25) is 9.59 Å². The normalized spacial score (nSPS) is 39.6. The molecule has 1 saturated carbocycles. The first-order valence-electron chi connectivity index (χ1n) is 4.66. The summed E-state index contributed by atoms with van der Waals surface area (Å²) in [4.78, 5) is 21.9. The van der Waals surface area contributed by atoms with Crippen molar-refractivity contribution in [1.82, 2.24) is 0 Å².